The van der Waals surface area contributed by atoms with Gasteiger partial charge in [-0.25, -0.2) is 4.98 Å². The number of anilines is 1. The third-order valence-electron chi connectivity index (χ3n) is 3.02. The van der Waals surface area contributed by atoms with Gasteiger partial charge < -0.3 is 10.1 Å². The van der Waals surface area contributed by atoms with Crippen LogP contribution in [0.5, 0.6) is 5.88 Å². The molecule has 1 N–H and O–H groups in total. The Labute approximate surface area is 132 Å². The second kappa shape index (κ2) is 7.73. The van der Waals surface area contributed by atoms with E-state index in [4.69, 9.17) is 4.74 Å². The monoisotopic (exact) mass is 300 g/mol. The van der Waals surface area contributed by atoms with Crippen molar-refractivity contribution >= 4 is 5.82 Å². The summed E-state index contributed by atoms with van der Waals surface area (Å²) >= 11 is 0. The van der Waals surface area contributed by atoms with Crippen molar-refractivity contribution in [2.75, 3.05) is 11.9 Å². The van der Waals surface area contributed by atoms with E-state index in [-0.39, 0.29) is 5.92 Å². The van der Waals surface area contributed by atoms with Gasteiger partial charge in [-0.3, -0.25) is 4.98 Å². The maximum atomic E-state index is 5.75. The standard InChI is InChI=1S/C17H24N4O/c1-12(2)11-22-16-9-15(20-17(21-16)13(3)4)19-10-14-5-7-18-8-6-14/h5-9,12-13H,10-11H2,1-4H3,(H,19,20,21). The highest BCUT2D eigenvalue weighted by Gasteiger charge is 2.09. The van der Waals surface area contributed by atoms with Gasteiger partial charge in [-0.1, -0.05) is 27.7 Å². The summed E-state index contributed by atoms with van der Waals surface area (Å²) in [5, 5.41) is 3.33. The number of nitrogens with one attached hydrogen (secondary N) is 1. The first-order valence-electron chi connectivity index (χ1n) is 7.69. The Balaban J connectivity index is 2.11. The zero-order valence-electron chi connectivity index (χ0n) is 13.7. The van der Waals surface area contributed by atoms with Crippen LogP contribution in [-0.2, 0) is 6.54 Å². The highest BCUT2D eigenvalue weighted by molar-refractivity contribution is 5.39. The second-order valence-electron chi connectivity index (χ2n) is 6.02. The zero-order valence-corrected chi connectivity index (χ0v) is 13.7. The maximum Gasteiger partial charge on any atom is 0.218 e. The molecule has 0 aliphatic heterocycles. The molecule has 2 rings (SSSR count). The average molecular weight is 300 g/mol. The van der Waals surface area contributed by atoms with Crippen LogP contribution in [0, 0.1) is 5.92 Å². The Hall–Kier alpha value is -2.17. The third-order valence-corrected chi connectivity index (χ3v) is 3.02. The number of hydrogen-bond donors (Lipinski definition) is 1. The van der Waals surface area contributed by atoms with E-state index in [1.165, 1.54) is 0 Å². The van der Waals surface area contributed by atoms with Gasteiger partial charge in [0, 0.05) is 30.9 Å². The first-order chi connectivity index (χ1) is 10.5. The molecule has 0 saturated carbocycles. The van der Waals surface area contributed by atoms with Gasteiger partial charge >= 0.3 is 0 Å². The number of ether oxygens (including phenoxy) is 1. The first kappa shape index (κ1) is 16.2. The van der Waals surface area contributed by atoms with Crippen LogP contribution < -0.4 is 10.1 Å². The van der Waals surface area contributed by atoms with E-state index in [9.17, 15) is 0 Å². The molecule has 0 aliphatic rings. The smallest absolute Gasteiger partial charge is 0.218 e. The maximum absolute atomic E-state index is 5.75. The van der Waals surface area contributed by atoms with Crippen LogP contribution in [0.4, 0.5) is 5.82 Å². The Bertz CT molecular complexity index is 584. The van der Waals surface area contributed by atoms with E-state index in [2.05, 4.69) is 48.0 Å². The molecule has 0 unspecified atom stereocenters. The molecule has 0 spiro atoms. The Morgan fingerprint density at radius 3 is 2.45 bits per heavy atom. The molecular formula is C17H24N4O. The second-order valence-corrected chi connectivity index (χ2v) is 6.02. The number of nitrogens with zero attached hydrogens (tertiary/aromatic N) is 3. The normalized spacial score (nSPS) is 11.0. The quantitative estimate of drug-likeness (QED) is 0.846. The third kappa shape index (κ3) is 4.98. The largest absolute Gasteiger partial charge is 0.477 e. The topological polar surface area (TPSA) is 59.9 Å². The van der Waals surface area contributed by atoms with Gasteiger partial charge in [-0.15, -0.1) is 0 Å². The summed E-state index contributed by atoms with van der Waals surface area (Å²) < 4.78 is 5.75. The van der Waals surface area contributed by atoms with E-state index >= 15 is 0 Å². The summed E-state index contributed by atoms with van der Waals surface area (Å²) in [4.78, 5) is 13.1. The van der Waals surface area contributed by atoms with Gasteiger partial charge in [0.1, 0.15) is 11.6 Å². The van der Waals surface area contributed by atoms with Crippen molar-refractivity contribution in [2.45, 2.75) is 40.2 Å². The Kier molecular flexibility index (Phi) is 5.69. The summed E-state index contributed by atoms with van der Waals surface area (Å²) in [6.07, 6.45) is 3.57. The number of pyridine rings is 1. The first-order valence-corrected chi connectivity index (χ1v) is 7.69. The molecule has 0 fully saturated rings. The molecule has 0 saturated heterocycles. The van der Waals surface area contributed by atoms with Crippen molar-refractivity contribution in [2.24, 2.45) is 5.92 Å². The minimum Gasteiger partial charge on any atom is -0.477 e. The molecule has 2 aromatic heterocycles. The zero-order chi connectivity index (χ0) is 15.9. The fraction of sp³-hybridized carbons (Fsp3) is 0.471. The van der Waals surface area contributed by atoms with Crippen LogP contribution in [0.3, 0.4) is 0 Å². The lowest BCUT2D eigenvalue weighted by Gasteiger charge is -2.13. The van der Waals surface area contributed by atoms with Crippen molar-refractivity contribution in [3.8, 4) is 5.88 Å². The van der Waals surface area contributed by atoms with E-state index < -0.39 is 0 Å². The fourth-order valence-electron chi connectivity index (χ4n) is 1.81. The molecular weight excluding hydrogens is 276 g/mol. The number of rotatable bonds is 7. The molecule has 118 valence electrons. The van der Waals surface area contributed by atoms with Gasteiger partial charge in [0.05, 0.1) is 6.61 Å². The van der Waals surface area contributed by atoms with Crippen molar-refractivity contribution in [1.82, 2.24) is 15.0 Å². The van der Waals surface area contributed by atoms with Crippen molar-refractivity contribution in [1.29, 1.82) is 0 Å². The molecule has 0 radical (unpaired) electrons. The van der Waals surface area contributed by atoms with Gasteiger partial charge in [0.25, 0.3) is 0 Å². The van der Waals surface area contributed by atoms with Crippen LogP contribution in [0.15, 0.2) is 30.6 Å². The average Bonchev–Trinajstić information content (AvgIpc) is 2.52. The van der Waals surface area contributed by atoms with E-state index in [1.807, 2.05) is 18.2 Å². The lowest BCUT2D eigenvalue weighted by molar-refractivity contribution is 0.260. The Morgan fingerprint density at radius 1 is 1.09 bits per heavy atom. The molecule has 0 aromatic carbocycles. The molecule has 5 nitrogen and oxygen atoms in total. The lowest BCUT2D eigenvalue weighted by atomic mass is 10.2. The number of hydrogen-bond acceptors (Lipinski definition) is 5. The molecule has 5 heteroatoms. The lowest BCUT2D eigenvalue weighted by Crippen LogP contribution is -2.10. The van der Waals surface area contributed by atoms with Crippen LogP contribution >= 0.6 is 0 Å². The predicted molar refractivity (Wildman–Crippen MR) is 88.0 cm³/mol. The van der Waals surface area contributed by atoms with Crippen LogP contribution in [-0.4, -0.2) is 21.6 Å². The molecule has 0 bridgehead atoms. The number of aromatic nitrogens is 3. The van der Waals surface area contributed by atoms with Crippen molar-refractivity contribution < 1.29 is 4.74 Å². The van der Waals surface area contributed by atoms with E-state index in [1.54, 1.807) is 12.4 Å². The SMILES string of the molecule is CC(C)COc1cc(NCc2ccncc2)nc(C(C)C)n1. The molecule has 2 heterocycles. The fourth-order valence-corrected chi connectivity index (χ4v) is 1.81. The summed E-state index contributed by atoms with van der Waals surface area (Å²) in [5.74, 6) is 2.92. The summed E-state index contributed by atoms with van der Waals surface area (Å²) in [6, 6.07) is 5.82. The van der Waals surface area contributed by atoms with Crippen LogP contribution in [0.25, 0.3) is 0 Å². The van der Waals surface area contributed by atoms with Gasteiger partial charge in [0.15, 0.2) is 0 Å². The Morgan fingerprint density at radius 2 is 1.82 bits per heavy atom. The van der Waals surface area contributed by atoms with E-state index in [0.717, 1.165) is 17.2 Å². The van der Waals surface area contributed by atoms with Gasteiger partial charge in [-0.05, 0) is 23.6 Å². The van der Waals surface area contributed by atoms with Gasteiger partial charge in [0.2, 0.25) is 5.88 Å². The minimum atomic E-state index is 0.254. The summed E-state index contributed by atoms with van der Waals surface area (Å²) in [7, 11) is 0. The highest BCUT2D eigenvalue weighted by Crippen LogP contribution is 2.19. The molecule has 0 atom stereocenters. The van der Waals surface area contributed by atoms with E-state index in [0.29, 0.717) is 24.9 Å². The molecule has 22 heavy (non-hydrogen) atoms. The molecule has 2 aromatic rings. The predicted octanol–water partition coefficient (Wildman–Crippen LogP) is 3.64. The van der Waals surface area contributed by atoms with Gasteiger partial charge in [-0.2, -0.15) is 4.98 Å². The van der Waals surface area contributed by atoms with Crippen LogP contribution in [0.2, 0.25) is 0 Å². The summed E-state index contributed by atoms with van der Waals surface area (Å²) in [5.41, 5.74) is 1.16. The minimum absolute atomic E-state index is 0.254. The summed E-state index contributed by atoms with van der Waals surface area (Å²) in [6.45, 7) is 9.74. The molecule has 0 amide bonds. The van der Waals surface area contributed by atoms with Crippen molar-refractivity contribution in [3.63, 3.8) is 0 Å². The highest BCUT2D eigenvalue weighted by atomic mass is 16.5. The molecule has 0 aliphatic carbocycles. The van der Waals surface area contributed by atoms with Crippen molar-refractivity contribution in [3.05, 3.63) is 42.0 Å². The van der Waals surface area contributed by atoms with Crippen LogP contribution in [0.1, 0.15) is 45.0 Å².